The minimum absolute atomic E-state index is 0.340. The summed E-state index contributed by atoms with van der Waals surface area (Å²) in [4.78, 5) is 12.2. The number of nitrogens with zero attached hydrogens (tertiary/aromatic N) is 2. The van der Waals surface area contributed by atoms with Crippen molar-refractivity contribution in [3.8, 4) is 0 Å². The van der Waals surface area contributed by atoms with Crippen molar-refractivity contribution in [2.75, 3.05) is 17.1 Å². The Morgan fingerprint density at radius 1 is 1.08 bits per heavy atom. The second-order valence-corrected chi connectivity index (χ2v) is 8.04. The van der Waals surface area contributed by atoms with Gasteiger partial charge in [0.15, 0.2) is 0 Å². The number of hydrazone groups is 1. The smallest absolute Gasteiger partial charge is 0.260 e. The molecule has 2 aromatic carbocycles. The summed E-state index contributed by atoms with van der Waals surface area (Å²) >= 11 is 0. The maximum absolute atomic E-state index is 12.2. The van der Waals surface area contributed by atoms with Gasteiger partial charge in [-0.1, -0.05) is 36.4 Å². The van der Waals surface area contributed by atoms with E-state index in [1.165, 1.54) is 0 Å². The standard InChI is InChI=1S/C19H23N3O3S/c1-14-10-11-18(12-15(14)2)22(26(4,24)25)13-19(23)21-20-16(3)17-8-6-5-7-9-17/h5-12H,13H2,1-4H3,(H,21,23)/b20-16-. The van der Waals surface area contributed by atoms with Gasteiger partial charge in [-0.15, -0.1) is 0 Å². The lowest BCUT2D eigenvalue weighted by molar-refractivity contribution is -0.119. The summed E-state index contributed by atoms with van der Waals surface area (Å²) in [5, 5.41) is 4.05. The Labute approximate surface area is 154 Å². The summed E-state index contributed by atoms with van der Waals surface area (Å²) in [7, 11) is -3.61. The van der Waals surface area contributed by atoms with Crippen LogP contribution in [0.5, 0.6) is 0 Å². The second kappa shape index (κ2) is 8.14. The van der Waals surface area contributed by atoms with Crippen molar-refractivity contribution in [3.63, 3.8) is 0 Å². The first-order valence-electron chi connectivity index (χ1n) is 8.12. The van der Waals surface area contributed by atoms with Gasteiger partial charge in [0.1, 0.15) is 6.54 Å². The Kier molecular flexibility index (Phi) is 6.15. The summed E-state index contributed by atoms with van der Waals surface area (Å²) in [5.41, 5.74) is 6.39. The molecule has 138 valence electrons. The minimum Gasteiger partial charge on any atom is -0.271 e. The molecular weight excluding hydrogens is 350 g/mol. The lowest BCUT2D eigenvalue weighted by Gasteiger charge is -2.22. The van der Waals surface area contributed by atoms with Crippen molar-refractivity contribution >= 4 is 27.3 Å². The van der Waals surface area contributed by atoms with Crippen LogP contribution < -0.4 is 9.73 Å². The maximum atomic E-state index is 12.2. The zero-order valence-corrected chi connectivity index (χ0v) is 16.2. The Bertz CT molecular complexity index is 922. The van der Waals surface area contributed by atoms with E-state index in [2.05, 4.69) is 10.5 Å². The van der Waals surface area contributed by atoms with Crippen LogP contribution in [0.15, 0.2) is 53.6 Å². The molecule has 0 aliphatic heterocycles. The van der Waals surface area contributed by atoms with Crippen LogP contribution >= 0.6 is 0 Å². The van der Waals surface area contributed by atoms with Gasteiger partial charge in [-0.3, -0.25) is 9.10 Å². The average Bonchev–Trinajstić information content (AvgIpc) is 2.60. The fourth-order valence-electron chi connectivity index (χ4n) is 2.34. The van der Waals surface area contributed by atoms with Gasteiger partial charge in [0.05, 0.1) is 17.7 Å². The molecular formula is C19H23N3O3S. The molecule has 26 heavy (non-hydrogen) atoms. The van der Waals surface area contributed by atoms with E-state index in [1.54, 1.807) is 19.1 Å². The van der Waals surface area contributed by atoms with Crippen molar-refractivity contribution < 1.29 is 13.2 Å². The van der Waals surface area contributed by atoms with Gasteiger partial charge in [-0.05, 0) is 49.6 Å². The highest BCUT2D eigenvalue weighted by atomic mass is 32.2. The molecule has 6 nitrogen and oxygen atoms in total. The highest BCUT2D eigenvalue weighted by molar-refractivity contribution is 7.92. The molecule has 0 aliphatic rings. The molecule has 1 amide bonds. The van der Waals surface area contributed by atoms with E-state index < -0.39 is 15.9 Å². The highest BCUT2D eigenvalue weighted by Crippen LogP contribution is 2.21. The molecule has 0 aliphatic carbocycles. The third kappa shape index (κ3) is 5.16. The summed E-state index contributed by atoms with van der Waals surface area (Å²) in [6, 6.07) is 14.7. The number of benzene rings is 2. The molecule has 1 N–H and O–H groups in total. The van der Waals surface area contributed by atoms with Crippen LogP contribution in [-0.4, -0.2) is 32.8 Å². The summed E-state index contributed by atoms with van der Waals surface area (Å²) < 4.78 is 25.3. The monoisotopic (exact) mass is 373 g/mol. The SMILES string of the molecule is C/C(=N/NC(=O)CN(c1ccc(C)c(C)c1)S(C)(=O)=O)c1ccccc1. The molecule has 0 fully saturated rings. The predicted octanol–water partition coefficient (Wildman–Crippen LogP) is 2.61. The number of sulfonamides is 1. The van der Waals surface area contributed by atoms with Crippen molar-refractivity contribution in [2.45, 2.75) is 20.8 Å². The molecule has 0 radical (unpaired) electrons. The molecule has 7 heteroatoms. The van der Waals surface area contributed by atoms with Crippen LogP contribution in [0.25, 0.3) is 0 Å². The minimum atomic E-state index is -3.61. The Hall–Kier alpha value is -2.67. The van der Waals surface area contributed by atoms with Gasteiger partial charge in [0.25, 0.3) is 5.91 Å². The molecule has 2 aromatic rings. The van der Waals surface area contributed by atoms with Gasteiger partial charge < -0.3 is 0 Å². The fraction of sp³-hybridized carbons (Fsp3) is 0.263. The van der Waals surface area contributed by atoms with Crippen molar-refractivity contribution in [1.29, 1.82) is 0 Å². The third-order valence-corrected chi connectivity index (χ3v) is 5.15. The summed E-state index contributed by atoms with van der Waals surface area (Å²) in [6.45, 7) is 5.27. The Morgan fingerprint density at radius 3 is 2.31 bits per heavy atom. The normalized spacial score (nSPS) is 11.9. The Balaban J connectivity index is 2.16. The van der Waals surface area contributed by atoms with Crippen LogP contribution in [0.1, 0.15) is 23.6 Å². The number of hydrogen-bond acceptors (Lipinski definition) is 4. The highest BCUT2D eigenvalue weighted by Gasteiger charge is 2.21. The first-order chi connectivity index (χ1) is 12.2. The Morgan fingerprint density at radius 2 is 1.73 bits per heavy atom. The molecule has 2 rings (SSSR count). The first-order valence-corrected chi connectivity index (χ1v) is 9.97. The number of carbonyl (C=O) groups is 1. The molecule has 0 saturated heterocycles. The molecule has 0 bridgehead atoms. The van der Waals surface area contributed by atoms with Gasteiger partial charge in [-0.25, -0.2) is 13.8 Å². The van der Waals surface area contributed by atoms with E-state index in [1.807, 2.05) is 50.2 Å². The average molecular weight is 373 g/mol. The van der Waals surface area contributed by atoms with Gasteiger partial charge in [-0.2, -0.15) is 5.10 Å². The largest absolute Gasteiger partial charge is 0.271 e. The molecule has 0 heterocycles. The quantitative estimate of drug-likeness (QED) is 0.624. The molecule has 0 atom stereocenters. The number of anilines is 1. The lowest BCUT2D eigenvalue weighted by atomic mass is 10.1. The van der Waals surface area contributed by atoms with Crippen LogP contribution in [0.4, 0.5) is 5.69 Å². The van der Waals surface area contributed by atoms with Crippen molar-refractivity contribution in [3.05, 3.63) is 65.2 Å². The predicted molar refractivity (Wildman–Crippen MR) is 105 cm³/mol. The topological polar surface area (TPSA) is 78.8 Å². The van der Waals surface area contributed by atoms with E-state index >= 15 is 0 Å². The zero-order chi connectivity index (χ0) is 19.3. The van der Waals surface area contributed by atoms with E-state index in [4.69, 9.17) is 0 Å². The molecule has 0 spiro atoms. The first kappa shape index (κ1) is 19.7. The number of nitrogens with one attached hydrogen (secondary N) is 1. The van der Waals surface area contributed by atoms with Crippen molar-refractivity contribution in [1.82, 2.24) is 5.43 Å². The fourth-order valence-corrected chi connectivity index (χ4v) is 3.18. The van der Waals surface area contributed by atoms with Gasteiger partial charge in [0.2, 0.25) is 10.0 Å². The molecule has 0 unspecified atom stereocenters. The number of hydrogen-bond donors (Lipinski definition) is 1. The van der Waals surface area contributed by atoms with Crippen LogP contribution in [-0.2, 0) is 14.8 Å². The third-order valence-electron chi connectivity index (χ3n) is 4.01. The number of carbonyl (C=O) groups excluding carboxylic acids is 1. The molecule has 0 saturated carbocycles. The van der Waals surface area contributed by atoms with Gasteiger partial charge in [0, 0.05) is 0 Å². The van der Waals surface area contributed by atoms with E-state index in [9.17, 15) is 13.2 Å². The van der Waals surface area contributed by atoms with Crippen molar-refractivity contribution in [2.24, 2.45) is 5.10 Å². The van der Waals surface area contributed by atoms with E-state index in [0.717, 1.165) is 27.3 Å². The second-order valence-electron chi connectivity index (χ2n) is 6.14. The lowest BCUT2D eigenvalue weighted by Crippen LogP contribution is -2.39. The number of amides is 1. The van der Waals surface area contributed by atoms with Crippen LogP contribution in [0, 0.1) is 13.8 Å². The number of aryl methyl sites for hydroxylation is 2. The summed E-state index contributed by atoms with van der Waals surface area (Å²) in [5.74, 6) is -0.510. The van der Waals surface area contributed by atoms with Crippen LogP contribution in [0.3, 0.4) is 0 Å². The number of rotatable bonds is 6. The summed E-state index contributed by atoms with van der Waals surface area (Å²) in [6.07, 6.45) is 1.08. The van der Waals surface area contributed by atoms with Gasteiger partial charge >= 0.3 is 0 Å². The van der Waals surface area contributed by atoms with E-state index in [0.29, 0.717) is 11.4 Å². The zero-order valence-electron chi connectivity index (χ0n) is 15.4. The maximum Gasteiger partial charge on any atom is 0.260 e. The van der Waals surface area contributed by atoms with Crippen LogP contribution in [0.2, 0.25) is 0 Å². The van der Waals surface area contributed by atoms with E-state index in [-0.39, 0.29) is 6.54 Å². The molecule has 0 aromatic heterocycles.